The van der Waals surface area contributed by atoms with Gasteiger partial charge < -0.3 is 0 Å². The molecule has 0 aromatic rings. The fourth-order valence-electron chi connectivity index (χ4n) is 5.53. The van der Waals surface area contributed by atoms with Crippen LogP contribution in [0.5, 0.6) is 0 Å². The van der Waals surface area contributed by atoms with E-state index in [0.717, 1.165) is 11.3 Å². The summed E-state index contributed by atoms with van der Waals surface area (Å²) in [5.41, 5.74) is 1.87. The van der Waals surface area contributed by atoms with E-state index in [2.05, 4.69) is 41.5 Å². The molecule has 0 radical (unpaired) electrons. The molecule has 0 unspecified atom stereocenters. The van der Waals surface area contributed by atoms with E-state index < -0.39 is 7.26 Å². The van der Waals surface area contributed by atoms with Crippen LogP contribution in [0.25, 0.3) is 0 Å². The molecule has 0 heterocycles. The Morgan fingerprint density at radius 2 is 0.581 bits per heavy atom. The first kappa shape index (κ1) is 31.4. The van der Waals surface area contributed by atoms with Gasteiger partial charge in [-0.1, -0.05) is 117 Å². The summed E-state index contributed by atoms with van der Waals surface area (Å²) in [5, 5.41) is 0. The summed E-state index contributed by atoms with van der Waals surface area (Å²) in [6, 6.07) is 0. The van der Waals surface area contributed by atoms with Gasteiger partial charge >= 0.3 is 0 Å². The van der Waals surface area contributed by atoms with Gasteiger partial charge in [-0.05, 0) is 53.4 Å². The molecule has 0 nitrogen and oxygen atoms in total. The zero-order valence-electron chi connectivity index (χ0n) is 23.2. The van der Waals surface area contributed by atoms with Gasteiger partial charge in [0.1, 0.15) is 0 Å². The van der Waals surface area contributed by atoms with Crippen molar-refractivity contribution in [2.24, 2.45) is 0 Å². The molecule has 0 amide bonds. The van der Waals surface area contributed by atoms with E-state index in [4.69, 9.17) is 0 Å². The lowest BCUT2D eigenvalue weighted by atomic mass is 10.1. The average molecular weight is 456 g/mol. The molecule has 0 saturated carbocycles. The molecule has 31 heavy (non-hydrogen) atoms. The molecule has 0 atom stereocenters. The maximum absolute atomic E-state index is 2.56. The number of hydrogen-bond donors (Lipinski definition) is 0. The average Bonchev–Trinajstić information content (AvgIpc) is 2.74. The molecule has 0 rings (SSSR count). The molecule has 188 valence electrons. The Morgan fingerprint density at radius 1 is 0.355 bits per heavy atom. The minimum atomic E-state index is -0.788. The molecule has 0 aromatic heterocycles. The lowest BCUT2D eigenvalue weighted by Crippen LogP contribution is -2.22. The zero-order valence-corrected chi connectivity index (χ0v) is 24.1. The van der Waals surface area contributed by atoms with Crippen molar-refractivity contribution in [3.8, 4) is 0 Å². The molecule has 0 bridgehead atoms. The second kappa shape index (κ2) is 22.2. The Balaban J connectivity index is 3.98. The van der Waals surface area contributed by atoms with Crippen molar-refractivity contribution in [1.29, 1.82) is 0 Å². The molecule has 0 aliphatic rings. The fourth-order valence-corrected chi connectivity index (χ4v) is 10.6. The minimum absolute atomic E-state index is 0.788. The summed E-state index contributed by atoms with van der Waals surface area (Å²) >= 11 is 0. The van der Waals surface area contributed by atoms with Crippen molar-refractivity contribution < 1.29 is 0 Å². The molecular weight excluding hydrogens is 391 g/mol. The van der Waals surface area contributed by atoms with Crippen LogP contribution in [-0.2, 0) is 0 Å². The van der Waals surface area contributed by atoms with E-state index >= 15 is 0 Å². The van der Waals surface area contributed by atoms with Crippen LogP contribution in [0.4, 0.5) is 0 Å². The van der Waals surface area contributed by atoms with Gasteiger partial charge in [-0.25, -0.2) is 0 Å². The van der Waals surface area contributed by atoms with Crippen molar-refractivity contribution in [1.82, 2.24) is 0 Å². The summed E-state index contributed by atoms with van der Waals surface area (Å²) in [4.78, 5) is 0. The van der Waals surface area contributed by atoms with Gasteiger partial charge in [-0.2, -0.15) is 0 Å². The normalized spacial score (nSPS) is 12.4. The molecule has 0 N–H and O–H groups in total. The van der Waals surface area contributed by atoms with Crippen molar-refractivity contribution in [3.05, 3.63) is 0 Å². The van der Waals surface area contributed by atoms with E-state index in [1.165, 1.54) is 128 Å². The largest absolute Gasteiger partial charge is 0.0654 e. The van der Waals surface area contributed by atoms with Gasteiger partial charge in [0.15, 0.2) is 0 Å². The smallest absolute Gasteiger partial charge is 0.0644 e. The molecule has 0 fully saturated rings. The summed E-state index contributed by atoms with van der Waals surface area (Å²) in [6.45, 7) is 14.8. The molecule has 0 spiro atoms. The van der Waals surface area contributed by atoms with Gasteiger partial charge in [-0.3, -0.25) is 0 Å². The quantitative estimate of drug-likeness (QED) is 0.100. The van der Waals surface area contributed by atoms with Crippen molar-refractivity contribution >= 4 is 7.26 Å². The molecule has 0 aliphatic heterocycles. The Bertz CT molecular complexity index is 312. The van der Waals surface area contributed by atoms with Gasteiger partial charge in [-0.15, -0.1) is 0 Å². The maximum Gasteiger partial charge on any atom is 0.0644 e. The van der Waals surface area contributed by atoms with E-state index in [0.29, 0.717) is 0 Å². The number of hydrogen-bond acceptors (Lipinski definition) is 0. The number of rotatable bonds is 24. The molecular formula is C30H64P+. The van der Waals surface area contributed by atoms with Crippen LogP contribution < -0.4 is 0 Å². The summed E-state index contributed by atoms with van der Waals surface area (Å²) in [7, 11) is -0.788. The lowest BCUT2D eigenvalue weighted by Gasteiger charge is -2.35. The Kier molecular flexibility index (Phi) is 22.5. The Labute approximate surface area is 200 Å². The van der Waals surface area contributed by atoms with Crippen LogP contribution in [0.2, 0.25) is 0 Å². The third-order valence-electron chi connectivity index (χ3n) is 7.91. The fraction of sp³-hybridized carbons (Fsp3) is 1.00. The topological polar surface area (TPSA) is 0 Å². The lowest BCUT2D eigenvalue weighted by molar-refractivity contribution is 0.560. The summed E-state index contributed by atoms with van der Waals surface area (Å²) in [6.07, 6.45) is 32.5. The first-order valence-corrected chi connectivity index (χ1v) is 17.2. The highest BCUT2D eigenvalue weighted by Crippen LogP contribution is 2.67. The van der Waals surface area contributed by atoms with E-state index in [1.807, 2.05) is 0 Å². The van der Waals surface area contributed by atoms with Crippen LogP contribution >= 0.6 is 7.26 Å². The van der Waals surface area contributed by atoms with Crippen LogP contribution in [0.3, 0.4) is 0 Å². The SMILES string of the molecule is CCCCCCCCCCCC[P+](CCCCCCCCCCCC)(C(C)C)C(C)C. The molecule has 0 aliphatic carbocycles. The van der Waals surface area contributed by atoms with Crippen LogP contribution in [-0.4, -0.2) is 23.6 Å². The number of unbranched alkanes of at least 4 members (excludes halogenated alkanes) is 18. The van der Waals surface area contributed by atoms with Gasteiger partial charge in [0.05, 0.1) is 23.6 Å². The van der Waals surface area contributed by atoms with Crippen LogP contribution in [0.1, 0.15) is 170 Å². The summed E-state index contributed by atoms with van der Waals surface area (Å²) in [5.74, 6) is 0. The second-order valence-electron chi connectivity index (χ2n) is 11.1. The van der Waals surface area contributed by atoms with E-state index in [9.17, 15) is 0 Å². The van der Waals surface area contributed by atoms with Gasteiger partial charge in [0, 0.05) is 7.26 Å². The van der Waals surface area contributed by atoms with Crippen LogP contribution in [0.15, 0.2) is 0 Å². The predicted octanol–water partition coefficient (Wildman–Crippen LogP) is 11.7. The highest BCUT2D eigenvalue weighted by molar-refractivity contribution is 7.77. The predicted molar refractivity (Wildman–Crippen MR) is 151 cm³/mol. The van der Waals surface area contributed by atoms with Crippen LogP contribution in [0, 0.1) is 0 Å². The highest BCUT2D eigenvalue weighted by atomic mass is 31.2. The first-order valence-electron chi connectivity index (χ1n) is 14.9. The van der Waals surface area contributed by atoms with Gasteiger partial charge in [0.25, 0.3) is 0 Å². The second-order valence-corrected chi connectivity index (χ2v) is 16.3. The monoisotopic (exact) mass is 455 g/mol. The van der Waals surface area contributed by atoms with Crippen molar-refractivity contribution in [2.75, 3.05) is 12.3 Å². The third kappa shape index (κ3) is 16.7. The molecule has 0 aromatic carbocycles. The minimum Gasteiger partial charge on any atom is -0.0654 e. The van der Waals surface area contributed by atoms with Crippen molar-refractivity contribution in [3.63, 3.8) is 0 Å². The van der Waals surface area contributed by atoms with Gasteiger partial charge in [0.2, 0.25) is 0 Å². The third-order valence-corrected chi connectivity index (χ3v) is 14.3. The summed E-state index contributed by atoms with van der Waals surface area (Å²) < 4.78 is 0. The van der Waals surface area contributed by atoms with E-state index in [1.54, 1.807) is 12.3 Å². The first-order chi connectivity index (χ1) is 15.0. The standard InChI is InChI=1S/C30H64P/c1-7-9-11-13-15-17-19-21-23-25-27-31(29(3)4,30(5)6)28-26-24-22-20-18-16-14-12-10-8-2/h29-30H,7-28H2,1-6H3/q+1. The maximum atomic E-state index is 2.56. The molecule has 1 heteroatoms. The highest BCUT2D eigenvalue weighted by Gasteiger charge is 2.42. The zero-order chi connectivity index (χ0) is 23.2. The van der Waals surface area contributed by atoms with E-state index in [-0.39, 0.29) is 0 Å². The Hall–Kier alpha value is 0.430. The Morgan fingerprint density at radius 3 is 0.806 bits per heavy atom. The molecule has 0 saturated heterocycles. The van der Waals surface area contributed by atoms with Crippen molar-refractivity contribution in [2.45, 2.75) is 181 Å².